The molecule has 0 saturated carbocycles. The molecule has 0 radical (unpaired) electrons. The minimum atomic E-state index is -0.415. The van der Waals surface area contributed by atoms with E-state index in [1.807, 2.05) is 13.8 Å². The largest absolute Gasteiger partial charge is 0.353 e. The molecule has 1 aromatic carbocycles. The number of carbonyl (C=O) groups excluding carboxylic acids is 1. The van der Waals surface area contributed by atoms with Gasteiger partial charge in [-0.05, 0) is 20.8 Å². The van der Waals surface area contributed by atoms with Gasteiger partial charge in [0.1, 0.15) is 0 Å². The smallest absolute Gasteiger partial charge is 0.274 e. The molecule has 0 spiro atoms. The number of rotatable bonds is 6. The van der Waals surface area contributed by atoms with Gasteiger partial charge in [-0.3, -0.25) is 14.9 Å². The number of amides is 1. The molecule has 2 N–H and O–H groups in total. The van der Waals surface area contributed by atoms with Gasteiger partial charge >= 0.3 is 0 Å². The normalized spacial score (nSPS) is 12.2. The molecule has 1 aromatic rings. The topological polar surface area (TPSA) is 84.3 Å². The molecule has 6 nitrogen and oxygen atoms in total. The predicted octanol–water partition coefficient (Wildman–Crippen LogP) is 1.77. The average Bonchev–Trinajstić information content (AvgIpc) is 2.35. The van der Waals surface area contributed by atoms with E-state index < -0.39 is 4.92 Å². The zero-order chi connectivity index (χ0) is 14.4. The van der Waals surface area contributed by atoms with Crippen molar-refractivity contribution in [2.45, 2.75) is 32.9 Å². The Hall–Kier alpha value is -1.95. The third kappa shape index (κ3) is 4.67. The number of nitrogens with zero attached hydrogens (tertiary/aromatic N) is 1. The first-order chi connectivity index (χ1) is 8.91. The van der Waals surface area contributed by atoms with Crippen molar-refractivity contribution in [2.75, 3.05) is 6.54 Å². The summed E-state index contributed by atoms with van der Waals surface area (Å²) in [5.74, 6) is -0.125. The number of hydrogen-bond acceptors (Lipinski definition) is 4. The Morgan fingerprint density at radius 2 is 1.95 bits per heavy atom. The van der Waals surface area contributed by atoms with Crippen LogP contribution in [0.15, 0.2) is 24.3 Å². The Labute approximate surface area is 112 Å². The minimum absolute atomic E-state index is 0.0618. The SMILES string of the molecule is CC(C)NC(=O)CNC(C)c1ccccc1[N+](=O)[O-]. The molecule has 0 aliphatic carbocycles. The summed E-state index contributed by atoms with van der Waals surface area (Å²) in [5.41, 5.74) is 0.636. The summed E-state index contributed by atoms with van der Waals surface area (Å²) >= 11 is 0. The zero-order valence-electron chi connectivity index (χ0n) is 11.3. The highest BCUT2D eigenvalue weighted by atomic mass is 16.6. The van der Waals surface area contributed by atoms with Crippen molar-refractivity contribution in [3.8, 4) is 0 Å². The minimum Gasteiger partial charge on any atom is -0.353 e. The first-order valence-corrected chi connectivity index (χ1v) is 6.18. The number of hydrogen-bond donors (Lipinski definition) is 2. The molecule has 0 aliphatic rings. The van der Waals surface area contributed by atoms with Crippen molar-refractivity contribution in [1.82, 2.24) is 10.6 Å². The van der Waals surface area contributed by atoms with Crippen LogP contribution in [0.2, 0.25) is 0 Å². The highest BCUT2D eigenvalue weighted by molar-refractivity contribution is 5.78. The number of carbonyl (C=O) groups is 1. The number of nitro groups is 1. The Bertz CT molecular complexity index is 460. The number of benzene rings is 1. The summed E-state index contributed by atoms with van der Waals surface area (Å²) < 4.78 is 0. The highest BCUT2D eigenvalue weighted by Crippen LogP contribution is 2.23. The van der Waals surface area contributed by atoms with E-state index in [1.54, 1.807) is 25.1 Å². The monoisotopic (exact) mass is 265 g/mol. The summed E-state index contributed by atoms with van der Waals surface area (Å²) in [6.07, 6.45) is 0. The van der Waals surface area contributed by atoms with Crippen LogP contribution in [0.1, 0.15) is 32.4 Å². The quantitative estimate of drug-likeness (QED) is 0.606. The third-order valence-electron chi connectivity index (χ3n) is 2.62. The van der Waals surface area contributed by atoms with Gasteiger partial charge in [-0.2, -0.15) is 0 Å². The molecule has 1 rings (SSSR count). The fraction of sp³-hybridized carbons (Fsp3) is 0.462. The molecule has 19 heavy (non-hydrogen) atoms. The van der Waals surface area contributed by atoms with Gasteiger partial charge in [0.25, 0.3) is 5.69 Å². The molecule has 0 aromatic heterocycles. The van der Waals surface area contributed by atoms with Gasteiger partial charge < -0.3 is 10.6 Å². The van der Waals surface area contributed by atoms with Crippen molar-refractivity contribution in [3.63, 3.8) is 0 Å². The standard InChI is InChI=1S/C13H19N3O3/c1-9(2)15-13(17)8-14-10(3)11-6-4-5-7-12(11)16(18)19/h4-7,9-10,14H,8H2,1-3H3,(H,15,17). The van der Waals surface area contributed by atoms with Gasteiger partial charge in [-0.15, -0.1) is 0 Å². The first-order valence-electron chi connectivity index (χ1n) is 6.18. The van der Waals surface area contributed by atoms with E-state index in [0.29, 0.717) is 5.56 Å². The zero-order valence-corrected chi connectivity index (χ0v) is 11.3. The van der Waals surface area contributed by atoms with E-state index in [1.165, 1.54) is 6.07 Å². The summed E-state index contributed by atoms with van der Waals surface area (Å²) in [5, 5.41) is 16.6. The molecule has 104 valence electrons. The van der Waals surface area contributed by atoms with Crippen LogP contribution >= 0.6 is 0 Å². The van der Waals surface area contributed by atoms with Gasteiger partial charge in [0.15, 0.2) is 0 Å². The van der Waals surface area contributed by atoms with Crippen LogP contribution in [0.25, 0.3) is 0 Å². The van der Waals surface area contributed by atoms with E-state index in [4.69, 9.17) is 0 Å². The predicted molar refractivity (Wildman–Crippen MR) is 72.8 cm³/mol. The van der Waals surface area contributed by atoms with E-state index in [-0.39, 0.29) is 30.2 Å². The van der Waals surface area contributed by atoms with Crippen LogP contribution in [0.3, 0.4) is 0 Å². The van der Waals surface area contributed by atoms with Crippen molar-refractivity contribution in [3.05, 3.63) is 39.9 Å². The molecule has 1 unspecified atom stereocenters. The van der Waals surface area contributed by atoms with Gasteiger partial charge in [-0.25, -0.2) is 0 Å². The molecule has 0 fully saturated rings. The van der Waals surface area contributed by atoms with Crippen LogP contribution in [0.4, 0.5) is 5.69 Å². The number of para-hydroxylation sites is 1. The number of nitrogens with one attached hydrogen (secondary N) is 2. The van der Waals surface area contributed by atoms with Gasteiger partial charge in [-0.1, -0.05) is 18.2 Å². The van der Waals surface area contributed by atoms with E-state index in [9.17, 15) is 14.9 Å². The fourth-order valence-electron chi connectivity index (χ4n) is 1.75. The lowest BCUT2D eigenvalue weighted by molar-refractivity contribution is -0.385. The Morgan fingerprint density at radius 1 is 1.32 bits per heavy atom. The van der Waals surface area contributed by atoms with Crippen LogP contribution < -0.4 is 10.6 Å². The molecule has 6 heteroatoms. The van der Waals surface area contributed by atoms with Crippen molar-refractivity contribution in [1.29, 1.82) is 0 Å². The average molecular weight is 265 g/mol. The van der Waals surface area contributed by atoms with Crippen LogP contribution in [-0.2, 0) is 4.79 Å². The first kappa shape index (κ1) is 15.1. The molecular weight excluding hydrogens is 246 g/mol. The summed E-state index contributed by atoms with van der Waals surface area (Å²) in [6, 6.07) is 6.34. The lowest BCUT2D eigenvalue weighted by atomic mass is 10.1. The maximum Gasteiger partial charge on any atom is 0.274 e. The summed E-state index contributed by atoms with van der Waals surface area (Å²) in [4.78, 5) is 22.0. The molecule has 1 atom stereocenters. The molecular formula is C13H19N3O3. The Kier molecular flexibility index (Phi) is 5.44. The van der Waals surface area contributed by atoms with Gasteiger partial charge in [0.2, 0.25) is 5.91 Å². The molecule has 0 bridgehead atoms. The number of nitro benzene ring substituents is 1. The van der Waals surface area contributed by atoms with Gasteiger partial charge in [0, 0.05) is 23.7 Å². The van der Waals surface area contributed by atoms with E-state index in [0.717, 1.165) is 0 Å². The molecule has 0 saturated heterocycles. The van der Waals surface area contributed by atoms with Crippen molar-refractivity contribution >= 4 is 11.6 Å². The molecule has 0 aliphatic heterocycles. The second-order valence-corrected chi connectivity index (χ2v) is 4.64. The molecule has 1 amide bonds. The van der Waals surface area contributed by atoms with E-state index >= 15 is 0 Å². The second-order valence-electron chi connectivity index (χ2n) is 4.64. The highest BCUT2D eigenvalue weighted by Gasteiger charge is 2.18. The second kappa shape index (κ2) is 6.84. The van der Waals surface area contributed by atoms with Crippen LogP contribution in [-0.4, -0.2) is 23.4 Å². The summed E-state index contributed by atoms with van der Waals surface area (Å²) in [7, 11) is 0. The Morgan fingerprint density at radius 3 is 2.53 bits per heavy atom. The lowest BCUT2D eigenvalue weighted by Gasteiger charge is -2.15. The third-order valence-corrected chi connectivity index (χ3v) is 2.62. The van der Waals surface area contributed by atoms with E-state index in [2.05, 4.69) is 10.6 Å². The van der Waals surface area contributed by atoms with Crippen LogP contribution in [0, 0.1) is 10.1 Å². The lowest BCUT2D eigenvalue weighted by Crippen LogP contribution is -2.38. The maximum absolute atomic E-state index is 11.5. The van der Waals surface area contributed by atoms with Crippen molar-refractivity contribution < 1.29 is 9.72 Å². The molecule has 0 heterocycles. The van der Waals surface area contributed by atoms with Gasteiger partial charge in [0.05, 0.1) is 11.5 Å². The van der Waals surface area contributed by atoms with Crippen LogP contribution in [0.5, 0.6) is 0 Å². The Balaban J connectivity index is 2.66. The maximum atomic E-state index is 11.5. The van der Waals surface area contributed by atoms with Crippen molar-refractivity contribution in [2.24, 2.45) is 0 Å². The fourth-order valence-corrected chi connectivity index (χ4v) is 1.75. The summed E-state index contributed by atoms with van der Waals surface area (Å²) in [6.45, 7) is 5.68.